The van der Waals surface area contributed by atoms with Gasteiger partial charge in [-0.3, -0.25) is 4.79 Å². The highest BCUT2D eigenvalue weighted by molar-refractivity contribution is 8.00. The summed E-state index contributed by atoms with van der Waals surface area (Å²) in [5, 5.41) is 0.429. The summed E-state index contributed by atoms with van der Waals surface area (Å²) in [6, 6.07) is 3.52. The zero-order valence-electron chi connectivity index (χ0n) is 7.70. The highest BCUT2D eigenvalue weighted by Crippen LogP contribution is 2.19. The summed E-state index contributed by atoms with van der Waals surface area (Å²) < 4.78 is 4.79. The molecule has 0 N–H and O–H groups in total. The quantitative estimate of drug-likeness (QED) is 0.453. The van der Waals surface area contributed by atoms with Crippen molar-refractivity contribution in [1.29, 1.82) is 0 Å². The predicted octanol–water partition coefficient (Wildman–Crippen LogP) is 2.39. The molecule has 0 aromatic carbocycles. The third kappa shape index (κ3) is 3.98. The number of rotatable bonds is 4. The zero-order valence-corrected chi connectivity index (χ0v) is 9.27. The van der Waals surface area contributed by atoms with Crippen LogP contribution < -0.4 is 0 Å². The zero-order chi connectivity index (χ0) is 10.4. The van der Waals surface area contributed by atoms with Crippen molar-refractivity contribution in [2.45, 2.75) is 11.8 Å². The highest BCUT2D eigenvalue weighted by Gasteiger charge is 2.03. The minimum atomic E-state index is -0.217. The van der Waals surface area contributed by atoms with Gasteiger partial charge >= 0.3 is 5.97 Å². The fraction of sp³-hybridized carbons (Fsp3) is 0.333. The number of hydrogen-bond donors (Lipinski definition) is 0. The second-order valence-corrected chi connectivity index (χ2v) is 3.84. The smallest absolute Gasteiger partial charge is 0.316 e. The number of carbonyl (C=O) groups excluding carboxylic acids is 1. The summed E-state index contributed by atoms with van der Waals surface area (Å²) in [5.74, 6) is 0.0826. The van der Waals surface area contributed by atoms with Crippen LogP contribution in [0, 0.1) is 0 Å². The van der Waals surface area contributed by atoms with Gasteiger partial charge in [-0.15, -0.1) is 11.8 Å². The predicted molar refractivity (Wildman–Crippen MR) is 56.6 cm³/mol. The van der Waals surface area contributed by atoms with Gasteiger partial charge < -0.3 is 4.74 Å². The van der Waals surface area contributed by atoms with E-state index in [1.165, 1.54) is 11.8 Å². The molecule has 0 atom stereocenters. The number of carbonyl (C=O) groups is 1. The Balaban J connectivity index is 2.41. The third-order valence-electron chi connectivity index (χ3n) is 1.36. The van der Waals surface area contributed by atoms with E-state index in [1.54, 1.807) is 25.3 Å². The Hall–Kier alpha value is -0.740. The van der Waals surface area contributed by atoms with E-state index < -0.39 is 0 Å². The van der Waals surface area contributed by atoms with Crippen LogP contribution >= 0.6 is 23.4 Å². The molecular weight excluding hydrogens is 222 g/mol. The molecule has 5 heteroatoms. The van der Waals surface area contributed by atoms with E-state index in [-0.39, 0.29) is 5.97 Å². The average Bonchev–Trinajstić information content (AvgIpc) is 2.15. The van der Waals surface area contributed by atoms with Crippen molar-refractivity contribution in [3.05, 3.63) is 23.5 Å². The standard InChI is InChI=1S/C9H10ClNO2S/c1-2-13-9(12)6-14-7-3-4-11-8(10)5-7/h3-5H,2,6H2,1H3. The molecule has 1 aromatic heterocycles. The molecule has 0 aliphatic heterocycles. The number of esters is 1. The fourth-order valence-electron chi connectivity index (χ4n) is 0.819. The van der Waals surface area contributed by atoms with E-state index in [0.29, 0.717) is 17.5 Å². The van der Waals surface area contributed by atoms with Gasteiger partial charge in [0.05, 0.1) is 12.4 Å². The number of nitrogens with zero attached hydrogens (tertiary/aromatic N) is 1. The van der Waals surface area contributed by atoms with Crippen molar-refractivity contribution in [3.63, 3.8) is 0 Å². The van der Waals surface area contributed by atoms with Gasteiger partial charge in [0.15, 0.2) is 0 Å². The largest absolute Gasteiger partial charge is 0.465 e. The minimum Gasteiger partial charge on any atom is -0.465 e. The van der Waals surface area contributed by atoms with Crippen LogP contribution in [0.3, 0.4) is 0 Å². The van der Waals surface area contributed by atoms with Gasteiger partial charge in [-0.2, -0.15) is 0 Å². The van der Waals surface area contributed by atoms with Crippen LogP contribution in [0.4, 0.5) is 0 Å². The van der Waals surface area contributed by atoms with Crippen molar-refractivity contribution in [3.8, 4) is 0 Å². The Morgan fingerprint density at radius 3 is 3.14 bits per heavy atom. The Kier molecular flexibility index (Phi) is 4.76. The van der Waals surface area contributed by atoms with Crippen molar-refractivity contribution >= 4 is 29.3 Å². The van der Waals surface area contributed by atoms with Crippen LogP contribution in [0.25, 0.3) is 0 Å². The van der Waals surface area contributed by atoms with Crippen LogP contribution in [0.5, 0.6) is 0 Å². The Morgan fingerprint density at radius 2 is 2.50 bits per heavy atom. The summed E-state index contributed by atoms with van der Waals surface area (Å²) in [5.41, 5.74) is 0. The van der Waals surface area contributed by atoms with E-state index in [1.807, 2.05) is 0 Å². The molecular formula is C9H10ClNO2S. The van der Waals surface area contributed by atoms with Crippen LogP contribution in [0.1, 0.15) is 6.92 Å². The lowest BCUT2D eigenvalue weighted by Crippen LogP contribution is -2.06. The molecule has 0 fully saturated rings. The van der Waals surface area contributed by atoms with Gasteiger partial charge in [-0.25, -0.2) is 4.98 Å². The SMILES string of the molecule is CCOC(=O)CSc1ccnc(Cl)c1. The molecule has 0 unspecified atom stereocenters. The van der Waals surface area contributed by atoms with Crippen LogP contribution in [-0.4, -0.2) is 23.3 Å². The van der Waals surface area contributed by atoms with Crippen LogP contribution in [-0.2, 0) is 9.53 Å². The normalized spacial score (nSPS) is 9.86. The van der Waals surface area contributed by atoms with Crippen LogP contribution in [0.15, 0.2) is 23.2 Å². The molecule has 0 amide bonds. The summed E-state index contributed by atoms with van der Waals surface area (Å²) in [4.78, 5) is 15.8. The van der Waals surface area contributed by atoms with Crippen molar-refractivity contribution < 1.29 is 9.53 Å². The van der Waals surface area contributed by atoms with Crippen molar-refractivity contribution in [2.24, 2.45) is 0 Å². The first-order valence-electron chi connectivity index (χ1n) is 4.12. The maximum Gasteiger partial charge on any atom is 0.316 e. The fourth-order valence-corrected chi connectivity index (χ4v) is 1.78. The number of thioether (sulfide) groups is 1. The number of halogens is 1. The maximum atomic E-state index is 11.0. The summed E-state index contributed by atoms with van der Waals surface area (Å²) in [7, 11) is 0. The Bertz CT molecular complexity index is 319. The number of ether oxygens (including phenoxy) is 1. The lowest BCUT2D eigenvalue weighted by atomic mass is 10.5. The molecule has 0 aliphatic carbocycles. The summed E-state index contributed by atoms with van der Waals surface area (Å²) in [6.07, 6.45) is 1.61. The molecule has 1 aromatic rings. The molecule has 14 heavy (non-hydrogen) atoms. The highest BCUT2D eigenvalue weighted by atomic mass is 35.5. The van der Waals surface area contributed by atoms with Gasteiger partial charge in [0.25, 0.3) is 0 Å². The maximum absolute atomic E-state index is 11.0. The summed E-state index contributed by atoms with van der Waals surface area (Å²) >= 11 is 7.06. The molecule has 1 heterocycles. The Labute approximate surface area is 91.8 Å². The number of pyridine rings is 1. The van der Waals surface area contributed by atoms with E-state index in [4.69, 9.17) is 16.3 Å². The van der Waals surface area contributed by atoms with Gasteiger partial charge in [-0.05, 0) is 19.1 Å². The average molecular weight is 232 g/mol. The van der Waals surface area contributed by atoms with E-state index >= 15 is 0 Å². The lowest BCUT2D eigenvalue weighted by molar-refractivity contribution is -0.139. The van der Waals surface area contributed by atoms with Crippen LogP contribution in [0.2, 0.25) is 5.15 Å². The second-order valence-electron chi connectivity index (χ2n) is 2.41. The van der Waals surface area contributed by atoms with Gasteiger partial charge in [-0.1, -0.05) is 11.6 Å². The molecule has 1 rings (SSSR count). The third-order valence-corrected chi connectivity index (χ3v) is 2.53. The molecule has 0 saturated carbocycles. The van der Waals surface area contributed by atoms with Crippen molar-refractivity contribution in [2.75, 3.05) is 12.4 Å². The Morgan fingerprint density at radius 1 is 1.71 bits per heavy atom. The van der Waals surface area contributed by atoms with Crippen molar-refractivity contribution in [1.82, 2.24) is 4.98 Å². The molecule has 76 valence electrons. The molecule has 0 saturated heterocycles. The number of hydrogen-bond acceptors (Lipinski definition) is 4. The molecule has 3 nitrogen and oxygen atoms in total. The molecule has 0 radical (unpaired) electrons. The molecule has 0 spiro atoms. The summed E-state index contributed by atoms with van der Waals surface area (Å²) in [6.45, 7) is 2.20. The second kappa shape index (κ2) is 5.88. The topological polar surface area (TPSA) is 39.2 Å². The van der Waals surface area contributed by atoms with E-state index in [9.17, 15) is 4.79 Å². The monoisotopic (exact) mass is 231 g/mol. The van der Waals surface area contributed by atoms with Gasteiger partial charge in [0, 0.05) is 11.1 Å². The first kappa shape index (κ1) is 11.3. The van der Waals surface area contributed by atoms with Gasteiger partial charge in [0.2, 0.25) is 0 Å². The first-order valence-corrected chi connectivity index (χ1v) is 5.48. The van der Waals surface area contributed by atoms with E-state index in [2.05, 4.69) is 4.98 Å². The van der Waals surface area contributed by atoms with Gasteiger partial charge in [0.1, 0.15) is 5.15 Å². The number of aromatic nitrogens is 1. The molecule has 0 aliphatic rings. The van der Waals surface area contributed by atoms with E-state index in [0.717, 1.165) is 4.90 Å². The first-order chi connectivity index (χ1) is 6.72. The minimum absolute atomic E-state index is 0.217. The lowest BCUT2D eigenvalue weighted by Gasteiger charge is -2.01. The molecule has 0 bridgehead atoms.